The predicted molar refractivity (Wildman–Crippen MR) is 126 cm³/mol. The van der Waals surface area contributed by atoms with E-state index in [2.05, 4.69) is 30.6 Å². The number of alkyl halides is 4. The predicted octanol–water partition coefficient (Wildman–Crippen LogP) is 4.27. The monoisotopic (exact) mass is 504 g/mol. The van der Waals surface area contributed by atoms with Crippen LogP contribution in [0.15, 0.2) is 36.9 Å². The molecule has 0 amide bonds. The number of piperidine rings is 2. The summed E-state index contributed by atoms with van der Waals surface area (Å²) in [6.45, 7) is 3.60. The Morgan fingerprint density at radius 1 is 0.778 bits per heavy atom. The molecule has 4 aromatic heterocycles. The van der Waals surface area contributed by atoms with Gasteiger partial charge in [0.25, 0.3) is 12.9 Å². The fourth-order valence-corrected chi connectivity index (χ4v) is 4.91. The highest BCUT2D eigenvalue weighted by Crippen LogP contribution is 2.28. The van der Waals surface area contributed by atoms with E-state index in [1.54, 1.807) is 12.4 Å². The number of aromatic nitrogens is 6. The fourth-order valence-electron chi connectivity index (χ4n) is 4.91. The lowest BCUT2D eigenvalue weighted by Crippen LogP contribution is -2.29. The van der Waals surface area contributed by atoms with Crippen molar-refractivity contribution in [2.24, 2.45) is 0 Å². The molecule has 0 aliphatic carbocycles. The standard InChI is InChI=1S/2C12H14F2N4/c13-11(14)9-6-10(8-2-1-3-15-7-8)18-5-4-16-12(18)17-9;13-11(14)10-6-9(8-2-1-3-15-7-8)17-12-16-4-5-18(10)12/h2*4-6,8,11,15H,1-3,7H2. The van der Waals surface area contributed by atoms with Crippen molar-refractivity contribution in [3.63, 3.8) is 0 Å². The number of nitrogens with zero attached hydrogens (tertiary/aromatic N) is 6. The van der Waals surface area contributed by atoms with E-state index in [0.717, 1.165) is 63.3 Å². The van der Waals surface area contributed by atoms with Gasteiger partial charge in [-0.15, -0.1) is 0 Å². The molecule has 8 nitrogen and oxygen atoms in total. The van der Waals surface area contributed by atoms with Crippen molar-refractivity contribution in [2.75, 3.05) is 26.2 Å². The third-order valence-corrected chi connectivity index (χ3v) is 6.73. The summed E-state index contributed by atoms with van der Waals surface area (Å²) in [4.78, 5) is 16.3. The summed E-state index contributed by atoms with van der Waals surface area (Å²) in [6, 6.07) is 3.02. The van der Waals surface area contributed by atoms with Gasteiger partial charge in [-0.1, -0.05) is 0 Å². The third-order valence-electron chi connectivity index (χ3n) is 6.73. The van der Waals surface area contributed by atoms with Crippen molar-refractivity contribution < 1.29 is 17.6 Å². The van der Waals surface area contributed by atoms with Gasteiger partial charge in [0.15, 0.2) is 0 Å². The summed E-state index contributed by atoms with van der Waals surface area (Å²) in [5, 5.41) is 6.57. The van der Waals surface area contributed by atoms with Crippen LogP contribution in [-0.4, -0.2) is 54.9 Å². The van der Waals surface area contributed by atoms with E-state index >= 15 is 0 Å². The van der Waals surface area contributed by atoms with Crippen molar-refractivity contribution in [2.45, 2.75) is 50.4 Å². The number of hydrogen-bond acceptors (Lipinski definition) is 6. The molecule has 2 fully saturated rings. The van der Waals surface area contributed by atoms with Gasteiger partial charge in [0.2, 0.25) is 11.6 Å². The minimum Gasteiger partial charge on any atom is -0.316 e. The summed E-state index contributed by atoms with van der Waals surface area (Å²) < 4.78 is 54.9. The maximum absolute atomic E-state index is 13.0. The Morgan fingerprint density at radius 3 is 2.03 bits per heavy atom. The van der Waals surface area contributed by atoms with Gasteiger partial charge in [-0.3, -0.25) is 8.80 Å². The van der Waals surface area contributed by atoms with Crippen LogP contribution < -0.4 is 10.6 Å². The molecule has 2 aliphatic heterocycles. The molecule has 0 aromatic carbocycles. The van der Waals surface area contributed by atoms with E-state index in [4.69, 9.17) is 0 Å². The Labute approximate surface area is 205 Å². The van der Waals surface area contributed by atoms with E-state index in [0.29, 0.717) is 11.6 Å². The quantitative estimate of drug-likeness (QED) is 0.404. The fraction of sp³-hybridized carbons (Fsp3) is 0.500. The van der Waals surface area contributed by atoms with Gasteiger partial charge in [-0.25, -0.2) is 37.5 Å². The minimum absolute atomic E-state index is 0.0296. The molecule has 0 saturated carbocycles. The van der Waals surface area contributed by atoms with Crippen LogP contribution in [0.4, 0.5) is 17.6 Å². The molecular weight excluding hydrogens is 476 g/mol. The maximum Gasteiger partial charge on any atom is 0.280 e. The molecule has 2 N–H and O–H groups in total. The molecule has 2 saturated heterocycles. The average Bonchev–Trinajstić information content (AvgIpc) is 3.58. The molecule has 192 valence electrons. The highest BCUT2D eigenvalue weighted by molar-refractivity contribution is 5.36. The van der Waals surface area contributed by atoms with Crippen molar-refractivity contribution in [1.29, 1.82) is 0 Å². The van der Waals surface area contributed by atoms with Gasteiger partial charge >= 0.3 is 0 Å². The molecule has 4 aromatic rings. The molecule has 12 heteroatoms. The number of imidazole rings is 2. The minimum atomic E-state index is -2.55. The first-order valence-corrected chi connectivity index (χ1v) is 12.2. The highest BCUT2D eigenvalue weighted by Gasteiger charge is 2.22. The molecule has 2 atom stereocenters. The Kier molecular flexibility index (Phi) is 7.42. The van der Waals surface area contributed by atoms with Crippen LogP contribution in [0.2, 0.25) is 0 Å². The van der Waals surface area contributed by atoms with E-state index in [1.165, 1.54) is 28.9 Å². The Bertz CT molecular complexity index is 1290. The lowest BCUT2D eigenvalue weighted by Gasteiger charge is -2.24. The normalized spacial score (nSPS) is 20.7. The molecule has 0 spiro atoms. The highest BCUT2D eigenvalue weighted by atomic mass is 19.3. The van der Waals surface area contributed by atoms with E-state index in [9.17, 15) is 17.6 Å². The second kappa shape index (κ2) is 10.9. The zero-order valence-corrected chi connectivity index (χ0v) is 19.6. The SMILES string of the molecule is FC(F)c1cc(C2CCCNC2)n2ccnc2n1.FC(F)c1cc(C2CCCNC2)nc2nccn12. The first-order valence-electron chi connectivity index (χ1n) is 12.2. The van der Waals surface area contributed by atoms with Crippen LogP contribution in [0, 0.1) is 0 Å². The summed E-state index contributed by atoms with van der Waals surface area (Å²) >= 11 is 0. The van der Waals surface area contributed by atoms with E-state index in [1.807, 2.05) is 4.40 Å². The summed E-state index contributed by atoms with van der Waals surface area (Å²) in [5.41, 5.74) is 1.38. The van der Waals surface area contributed by atoms with Crippen molar-refractivity contribution in [1.82, 2.24) is 39.4 Å². The van der Waals surface area contributed by atoms with Crippen LogP contribution in [0.25, 0.3) is 11.6 Å². The Hall–Kier alpha value is -3.12. The average molecular weight is 505 g/mol. The Balaban J connectivity index is 0.000000148. The zero-order chi connectivity index (χ0) is 25.1. The maximum atomic E-state index is 13.0. The topological polar surface area (TPSA) is 84.4 Å². The first kappa shape index (κ1) is 24.6. The van der Waals surface area contributed by atoms with Crippen molar-refractivity contribution in [3.8, 4) is 0 Å². The summed E-state index contributed by atoms with van der Waals surface area (Å²) in [6.07, 6.45) is 5.43. The molecule has 2 unspecified atom stereocenters. The number of fused-ring (bicyclic) bond motifs is 2. The lowest BCUT2D eigenvalue weighted by atomic mass is 9.95. The number of nitrogens with one attached hydrogen (secondary N) is 2. The second-order valence-corrected chi connectivity index (χ2v) is 9.09. The van der Waals surface area contributed by atoms with Crippen LogP contribution >= 0.6 is 0 Å². The molecule has 36 heavy (non-hydrogen) atoms. The van der Waals surface area contributed by atoms with Gasteiger partial charge < -0.3 is 10.6 Å². The smallest absolute Gasteiger partial charge is 0.280 e. The number of halogens is 4. The van der Waals surface area contributed by atoms with Crippen LogP contribution in [0.5, 0.6) is 0 Å². The number of hydrogen-bond donors (Lipinski definition) is 2. The summed E-state index contributed by atoms with van der Waals surface area (Å²) in [5.74, 6) is 1.16. The zero-order valence-electron chi connectivity index (χ0n) is 19.6. The van der Waals surface area contributed by atoms with Gasteiger partial charge in [-0.2, -0.15) is 0 Å². The largest absolute Gasteiger partial charge is 0.316 e. The van der Waals surface area contributed by atoms with Crippen LogP contribution in [0.1, 0.15) is 73.1 Å². The first-order chi connectivity index (χ1) is 17.5. The second-order valence-electron chi connectivity index (χ2n) is 9.09. The molecular formula is C24H28F4N8. The van der Waals surface area contributed by atoms with E-state index in [-0.39, 0.29) is 23.2 Å². The molecule has 0 radical (unpaired) electrons. The number of rotatable bonds is 4. The Morgan fingerprint density at radius 2 is 1.42 bits per heavy atom. The van der Waals surface area contributed by atoms with Crippen LogP contribution in [0.3, 0.4) is 0 Å². The van der Waals surface area contributed by atoms with Crippen molar-refractivity contribution >= 4 is 11.6 Å². The molecule has 6 heterocycles. The molecule has 6 rings (SSSR count). The van der Waals surface area contributed by atoms with Crippen molar-refractivity contribution in [3.05, 3.63) is 59.7 Å². The molecule has 0 bridgehead atoms. The van der Waals surface area contributed by atoms with Crippen LogP contribution in [-0.2, 0) is 0 Å². The van der Waals surface area contributed by atoms with Gasteiger partial charge in [0.05, 0.1) is 11.4 Å². The van der Waals surface area contributed by atoms with Gasteiger partial charge in [-0.05, 0) is 50.9 Å². The van der Waals surface area contributed by atoms with Gasteiger partial charge in [0.1, 0.15) is 5.69 Å². The molecule has 2 aliphatic rings. The van der Waals surface area contributed by atoms with E-state index < -0.39 is 12.9 Å². The summed E-state index contributed by atoms with van der Waals surface area (Å²) in [7, 11) is 0. The third kappa shape index (κ3) is 5.19. The lowest BCUT2D eigenvalue weighted by molar-refractivity contribution is 0.144. The van der Waals surface area contributed by atoms with Gasteiger partial charge in [0, 0.05) is 55.4 Å².